The van der Waals surface area contributed by atoms with E-state index in [9.17, 15) is 9.90 Å². The molecular weight excluding hydrogens is 206 g/mol. The molecule has 0 aromatic heterocycles. The second-order valence-corrected chi connectivity index (χ2v) is 3.53. The minimum atomic E-state index is -0.115. The van der Waals surface area contributed by atoms with E-state index in [0.717, 1.165) is 6.29 Å². The third kappa shape index (κ3) is 2.31. The number of carbonyl (C=O) groups is 1. The normalized spacial score (nSPS) is 11.6. The highest BCUT2D eigenvalue weighted by atomic mass is 16.5. The topological polar surface area (TPSA) is 70.3 Å². The predicted molar refractivity (Wildman–Crippen MR) is 58.5 cm³/mol. The van der Waals surface area contributed by atoms with Crippen molar-refractivity contribution in [2.24, 2.45) is 0 Å². The van der Waals surface area contributed by atoms with Gasteiger partial charge in [-0.1, -0.05) is 6.92 Å². The number of methoxy groups -OCH3 is 1. The number of nitriles is 1. The molecule has 0 aliphatic carbocycles. The lowest BCUT2D eigenvalue weighted by Gasteiger charge is -2.12. The minimum absolute atomic E-state index is 0.0465. The van der Waals surface area contributed by atoms with E-state index >= 15 is 0 Å². The van der Waals surface area contributed by atoms with Crippen LogP contribution in [0.1, 0.15) is 30.4 Å². The summed E-state index contributed by atoms with van der Waals surface area (Å²) in [7, 11) is 1.43. The van der Waals surface area contributed by atoms with Gasteiger partial charge in [-0.15, -0.1) is 0 Å². The van der Waals surface area contributed by atoms with Gasteiger partial charge in [0, 0.05) is 12.5 Å². The Kier molecular flexibility index (Phi) is 3.90. The number of phenols is 1. The molecule has 84 valence electrons. The van der Waals surface area contributed by atoms with Gasteiger partial charge in [0.25, 0.3) is 0 Å². The maximum atomic E-state index is 10.4. The van der Waals surface area contributed by atoms with Crippen LogP contribution in [-0.4, -0.2) is 18.5 Å². The van der Waals surface area contributed by atoms with Crippen molar-refractivity contribution in [2.75, 3.05) is 7.11 Å². The van der Waals surface area contributed by atoms with Crippen LogP contribution in [0.15, 0.2) is 12.1 Å². The number of aromatic hydroxyl groups is 1. The van der Waals surface area contributed by atoms with Gasteiger partial charge >= 0.3 is 0 Å². The zero-order chi connectivity index (χ0) is 12.1. The molecule has 0 aliphatic rings. The van der Waals surface area contributed by atoms with Crippen LogP contribution in [0.2, 0.25) is 0 Å². The monoisotopic (exact) mass is 219 g/mol. The molecule has 0 saturated carbocycles. The molecule has 0 spiro atoms. The van der Waals surface area contributed by atoms with Crippen LogP contribution < -0.4 is 4.74 Å². The van der Waals surface area contributed by atoms with Crippen LogP contribution in [0.25, 0.3) is 0 Å². The first-order chi connectivity index (χ1) is 7.63. The molecule has 0 aliphatic heterocycles. The number of hydrogen-bond donors (Lipinski definition) is 1. The van der Waals surface area contributed by atoms with E-state index in [2.05, 4.69) is 0 Å². The molecule has 0 bridgehead atoms. The number of rotatable bonds is 4. The summed E-state index contributed by atoms with van der Waals surface area (Å²) >= 11 is 0. The molecule has 1 N–H and O–H groups in total. The van der Waals surface area contributed by atoms with Gasteiger partial charge in [0.1, 0.15) is 23.9 Å². The van der Waals surface area contributed by atoms with Crippen molar-refractivity contribution in [3.63, 3.8) is 0 Å². The Bertz CT molecular complexity index is 435. The average Bonchev–Trinajstić information content (AvgIpc) is 2.28. The lowest BCUT2D eigenvalue weighted by Crippen LogP contribution is -1.97. The highest BCUT2D eigenvalue weighted by Gasteiger charge is 2.14. The summed E-state index contributed by atoms with van der Waals surface area (Å²) in [5, 5.41) is 18.6. The van der Waals surface area contributed by atoms with Gasteiger partial charge in [-0.05, 0) is 17.5 Å². The molecule has 1 unspecified atom stereocenters. The molecular formula is C12H13NO3. The standard InChI is InChI=1S/C12H13NO3/c1-8(3-4-14)10-5-9(7-13)12(16-2)6-11(10)15/h4-6,8,15H,3H2,1-2H3. The summed E-state index contributed by atoms with van der Waals surface area (Å²) in [6.07, 6.45) is 1.10. The highest BCUT2D eigenvalue weighted by molar-refractivity contribution is 5.56. The number of hydrogen-bond acceptors (Lipinski definition) is 4. The van der Waals surface area contributed by atoms with Crippen LogP contribution in [0.4, 0.5) is 0 Å². The van der Waals surface area contributed by atoms with Crippen LogP contribution in [0.3, 0.4) is 0 Å². The largest absolute Gasteiger partial charge is 0.508 e. The molecule has 0 amide bonds. The summed E-state index contributed by atoms with van der Waals surface area (Å²) in [5.74, 6) is 0.266. The zero-order valence-corrected chi connectivity index (χ0v) is 9.23. The second-order valence-electron chi connectivity index (χ2n) is 3.53. The zero-order valence-electron chi connectivity index (χ0n) is 9.23. The second kappa shape index (κ2) is 5.17. The lowest BCUT2D eigenvalue weighted by molar-refractivity contribution is -0.108. The molecule has 0 heterocycles. The number of phenolic OH excluding ortho intramolecular Hbond substituents is 1. The van der Waals surface area contributed by atoms with E-state index in [1.54, 1.807) is 6.07 Å². The maximum absolute atomic E-state index is 10.4. The minimum Gasteiger partial charge on any atom is -0.508 e. The van der Waals surface area contributed by atoms with Crippen molar-refractivity contribution in [1.82, 2.24) is 0 Å². The molecule has 0 radical (unpaired) electrons. The Morgan fingerprint density at radius 2 is 2.31 bits per heavy atom. The van der Waals surface area contributed by atoms with Crippen LogP contribution in [-0.2, 0) is 4.79 Å². The van der Waals surface area contributed by atoms with E-state index < -0.39 is 0 Å². The van der Waals surface area contributed by atoms with Crippen LogP contribution >= 0.6 is 0 Å². The SMILES string of the molecule is COc1cc(O)c(C(C)CC=O)cc1C#N. The number of benzene rings is 1. The number of carbonyl (C=O) groups excluding carboxylic acids is 1. The van der Waals surface area contributed by atoms with Gasteiger partial charge in [-0.3, -0.25) is 0 Å². The van der Waals surface area contributed by atoms with Crippen LogP contribution in [0, 0.1) is 11.3 Å². The fourth-order valence-electron chi connectivity index (χ4n) is 1.51. The van der Waals surface area contributed by atoms with Crippen molar-refractivity contribution in [3.05, 3.63) is 23.3 Å². The molecule has 4 nitrogen and oxygen atoms in total. The van der Waals surface area contributed by atoms with Crippen molar-refractivity contribution in [2.45, 2.75) is 19.3 Å². The number of ether oxygens (including phenoxy) is 1. The Hall–Kier alpha value is -2.02. The Morgan fingerprint density at radius 3 is 2.81 bits per heavy atom. The molecule has 1 atom stereocenters. The number of aldehydes is 1. The third-order valence-electron chi connectivity index (χ3n) is 2.45. The van der Waals surface area contributed by atoms with Crippen LogP contribution in [0.5, 0.6) is 11.5 Å². The molecule has 1 rings (SSSR count). The van der Waals surface area contributed by atoms with Crippen molar-refractivity contribution in [1.29, 1.82) is 5.26 Å². The van der Waals surface area contributed by atoms with E-state index in [1.807, 2.05) is 13.0 Å². The van der Waals surface area contributed by atoms with E-state index in [1.165, 1.54) is 13.2 Å². The van der Waals surface area contributed by atoms with Crippen molar-refractivity contribution >= 4 is 6.29 Å². The molecule has 1 aromatic rings. The Balaban J connectivity index is 3.21. The van der Waals surface area contributed by atoms with Crippen molar-refractivity contribution < 1.29 is 14.6 Å². The number of nitrogens with zero attached hydrogens (tertiary/aromatic N) is 1. The fourth-order valence-corrected chi connectivity index (χ4v) is 1.51. The summed E-state index contributed by atoms with van der Waals surface area (Å²) in [6, 6.07) is 4.94. The first-order valence-corrected chi connectivity index (χ1v) is 4.88. The Morgan fingerprint density at radius 1 is 1.62 bits per heavy atom. The Labute approximate surface area is 94.1 Å². The smallest absolute Gasteiger partial charge is 0.140 e. The summed E-state index contributed by atoms with van der Waals surface area (Å²) in [4.78, 5) is 10.4. The quantitative estimate of drug-likeness (QED) is 0.786. The highest BCUT2D eigenvalue weighted by Crippen LogP contribution is 2.33. The molecule has 4 heteroatoms. The van der Waals surface area contributed by atoms with Gasteiger partial charge < -0.3 is 14.6 Å². The maximum Gasteiger partial charge on any atom is 0.140 e. The molecule has 1 aromatic carbocycles. The first-order valence-electron chi connectivity index (χ1n) is 4.88. The molecule has 16 heavy (non-hydrogen) atoms. The average molecular weight is 219 g/mol. The van der Waals surface area contributed by atoms with E-state index in [4.69, 9.17) is 10.00 Å². The molecule has 0 saturated heterocycles. The van der Waals surface area contributed by atoms with E-state index in [0.29, 0.717) is 23.3 Å². The first kappa shape index (κ1) is 12.1. The fraction of sp³-hybridized carbons (Fsp3) is 0.333. The van der Waals surface area contributed by atoms with Gasteiger partial charge in [0.15, 0.2) is 0 Å². The lowest BCUT2D eigenvalue weighted by atomic mass is 9.95. The van der Waals surface area contributed by atoms with Gasteiger partial charge in [0.2, 0.25) is 0 Å². The summed E-state index contributed by atoms with van der Waals surface area (Å²) in [5.41, 5.74) is 0.942. The molecule has 0 fully saturated rings. The predicted octanol–water partition coefficient (Wildman–Crippen LogP) is 1.96. The van der Waals surface area contributed by atoms with Crippen molar-refractivity contribution in [3.8, 4) is 17.6 Å². The van der Waals surface area contributed by atoms with E-state index in [-0.39, 0.29) is 11.7 Å². The summed E-state index contributed by atoms with van der Waals surface area (Å²) in [6.45, 7) is 1.82. The third-order valence-corrected chi connectivity index (χ3v) is 2.45. The van der Waals surface area contributed by atoms with Gasteiger partial charge in [-0.2, -0.15) is 5.26 Å². The van der Waals surface area contributed by atoms with Gasteiger partial charge in [0.05, 0.1) is 12.7 Å². The van der Waals surface area contributed by atoms with Gasteiger partial charge in [-0.25, -0.2) is 0 Å². The summed E-state index contributed by atoms with van der Waals surface area (Å²) < 4.78 is 4.96.